The maximum Gasteiger partial charge on any atom is 0.0713 e. The van der Waals surface area contributed by atoms with Gasteiger partial charge in [-0.3, -0.25) is 0 Å². The van der Waals surface area contributed by atoms with Gasteiger partial charge in [0, 0.05) is 36.8 Å². The van der Waals surface area contributed by atoms with E-state index in [1.165, 1.54) is 27.3 Å². The Morgan fingerprint density at radius 1 is 1.14 bits per heavy atom. The van der Waals surface area contributed by atoms with Crippen LogP contribution in [-0.2, 0) is 17.9 Å². The molecule has 1 atom stereocenters. The minimum atomic E-state index is 0.633. The Balaban J connectivity index is 1.54. The van der Waals surface area contributed by atoms with Gasteiger partial charge in [0.05, 0.1) is 6.61 Å². The molecule has 0 radical (unpaired) electrons. The van der Waals surface area contributed by atoms with Crippen LogP contribution in [0.3, 0.4) is 0 Å². The quantitative estimate of drug-likeness (QED) is 0.876. The number of benzene rings is 2. The highest BCUT2D eigenvalue weighted by Gasteiger charge is 2.21. The Bertz CT molecular complexity index is 599. The van der Waals surface area contributed by atoms with Gasteiger partial charge in [0.1, 0.15) is 0 Å². The van der Waals surface area contributed by atoms with Crippen LogP contribution in [-0.4, -0.2) is 19.4 Å². The number of hydrogen-bond donors (Lipinski definition) is 1. The largest absolute Gasteiger partial charge is 0.380 e. The van der Waals surface area contributed by atoms with E-state index in [4.69, 9.17) is 4.74 Å². The summed E-state index contributed by atoms with van der Waals surface area (Å²) >= 11 is 1.97. The van der Waals surface area contributed by atoms with Crippen molar-refractivity contribution in [1.29, 1.82) is 0 Å². The van der Waals surface area contributed by atoms with Crippen LogP contribution in [0.1, 0.15) is 22.6 Å². The number of rotatable bonds is 6. The molecule has 2 aromatic rings. The van der Waals surface area contributed by atoms with E-state index in [0.717, 1.165) is 13.1 Å². The van der Waals surface area contributed by atoms with Crippen LogP contribution in [0.4, 0.5) is 0 Å². The standard InChI is InChI=1S/C18H21NOS/c1-20-12-15-6-4-5-14(9-15)10-19-11-16-13-21-18-8-3-2-7-17(16)18/h2-9,16,19H,10-13H2,1H3. The molecule has 3 heteroatoms. The second-order valence-corrected chi connectivity index (χ2v) is 6.49. The topological polar surface area (TPSA) is 21.3 Å². The highest BCUT2D eigenvalue weighted by atomic mass is 32.2. The molecule has 1 aliphatic rings. The number of fused-ring (bicyclic) bond motifs is 1. The van der Waals surface area contributed by atoms with Crippen molar-refractivity contribution in [3.8, 4) is 0 Å². The van der Waals surface area contributed by atoms with Gasteiger partial charge in [-0.25, -0.2) is 0 Å². The van der Waals surface area contributed by atoms with Gasteiger partial charge in [0.25, 0.3) is 0 Å². The zero-order valence-corrected chi connectivity index (χ0v) is 13.2. The van der Waals surface area contributed by atoms with E-state index in [-0.39, 0.29) is 0 Å². The summed E-state index contributed by atoms with van der Waals surface area (Å²) in [7, 11) is 1.74. The first-order chi connectivity index (χ1) is 10.4. The summed E-state index contributed by atoms with van der Waals surface area (Å²) < 4.78 is 5.18. The third-order valence-corrected chi connectivity index (χ3v) is 5.07. The predicted octanol–water partition coefficient (Wildman–Crippen LogP) is 3.81. The van der Waals surface area contributed by atoms with Gasteiger partial charge in [-0.2, -0.15) is 0 Å². The van der Waals surface area contributed by atoms with Crippen molar-refractivity contribution in [2.45, 2.75) is 24.0 Å². The normalized spacial score (nSPS) is 16.9. The Kier molecular flexibility index (Phi) is 4.96. The maximum atomic E-state index is 5.18. The van der Waals surface area contributed by atoms with Crippen molar-refractivity contribution < 1.29 is 4.74 Å². The molecule has 0 saturated carbocycles. The van der Waals surface area contributed by atoms with Crippen LogP contribution in [0.15, 0.2) is 53.4 Å². The van der Waals surface area contributed by atoms with E-state index in [9.17, 15) is 0 Å². The predicted molar refractivity (Wildman–Crippen MR) is 88.8 cm³/mol. The second-order valence-electron chi connectivity index (χ2n) is 5.43. The van der Waals surface area contributed by atoms with E-state index in [1.807, 2.05) is 11.8 Å². The van der Waals surface area contributed by atoms with Crippen LogP contribution >= 0.6 is 11.8 Å². The van der Waals surface area contributed by atoms with Gasteiger partial charge in [-0.1, -0.05) is 42.5 Å². The number of nitrogens with one attached hydrogen (secondary N) is 1. The van der Waals surface area contributed by atoms with Crippen molar-refractivity contribution in [2.24, 2.45) is 0 Å². The van der Waals surface area contributed by atoms with Crippen molar-refractivity contribution in [3.63, 3.8) is 0 Å². The molecule has 0 fully saturated rings. The summed E-state index contributed by atoms with van der Waals surface area (Å²) in [6.07, 6.45) is 0. The Hall–Kier alpha value is -1.29. The average molecular weight is 299 g/mol. The molecule has 2 aromatic carbocycles. The maximum absolute atomic E-state index is 5.18. The van der Waals surface area contributed by atoms with Crippen molar-refractivity contribution in [3.05, 3.63) is 65.2 Å². The van der Waals surface area contributed by atoms with Crippen LogP contribution in [0, 0.1) is 0 Å². The average Bonchev–Trinajstić information content (AvgIpc) is 2.92. The van der Waals surface area contributed by atoms with E-state index in [0.29, 0.717) is 12.5 Å². The molecule has 0 aliphatic carbocycles. The SMILES string of the molecule is COCc1cccc(CNCC2CSc3ccccc32)c1. The van der Waals surface area contributed by atoms with Crippen LogP contribution in [0.25, 0.3) is 0 Å². The number of hydrogen-bond acceptors (Lipinski definition) is 3. The number of thioether (sulfide) groups is 1. The molecule has 1 aliphatic heterocycles. The van der Waals surface area contributed by atoms with Crippen molar-refractivity contribution in [1.82, 2.24) is 5.32 Å². The summed E-state index contributed by atoms with van der Waals surface area (Å²) in [6, 6.07) is 17.4. The first-order valence-electron chi connectivity index (χ1n) is 7.36. The van der Waals surface area contributed by atoms with Crippen LogP contribution in [0.5, 0.6) is 0 Å². The third-order valence-electron chi connectivity index (χ3n) is 3.82. The summed E-state index contributed by atoms with van der Waals surface area (Å²) in [5, 5.41) is 3.60. The van der Waals surface area contributed by atoms with Crippen LogP contribution < -0.4 is 5.32 Å². The van der Waals surface area contributed by atoms with Gasteiger partial charge in [0.2, 0.25) is 0 Å². The Labute approximate surface area is 130 Å². The van der Waals surface area contributed by atoms with E-state index in [2.05, 4.69) is 53.8 Å². The lowest BCUT2D eigenvalue weighted by Gasteiger charge is -2.12. The van der Waals surface area contributed by atoms with Gasteiger partial charge < -0.3 is 10.1 Å². The van der Waals surface area contributed by atoms with Gasteiger partial charge in [0.15, 0.2) is 0 Å². The molecule has 21 heavy (non-hydrogen) atoms. The highest BCUT2D eigenvalue weighted by Crippen LogP contribution is 2.38. The smallest absolute Gasteiger partial charge is 0.0713 e. The lowest BCUT2D eigenvalue weighted by molar-refractivity contribution is 0.185. The minimum Gasteiger partial charge on any atom is -0.380 e. The third kappa shape index (κ3) is 3.67. The molecule has 3 rings (SSSR count). The monoisotopic (exact) mass is 299 g/mol. The zero-order valence-electron chi connectivity index (χ0n) is 12.3. The molecule has 1 unspecified atom stereocenters. The fourth-order valence-electron chi connectivity index (χ4n) is 2.79. The highest BCUT2D eigenvalue weighted by molar-refractivity contribution is 7.99. The van der Waals surface area contributed by atoms with Gasteiger partial charge in [-0.15, -0.1) is 11.8 Å². The van der Waals surface area contributed by atoms with Gasteiger partial charge >= 0.3 is 0 Å². The molecule has 110 valence electrons. The first-order valence-corrected chi connectivity index (χ1v) is 8.34. The molecule has 1 N–H and O–H groups in total. The van der Waals surface area contributed by atoms with Crippen molar-refractivity contribution in [2.75, 3.05) is 19.4 Å². The minimum absolute atomic E-state index is 0.633. The lowest BCUT2D eigenvalue weighted by atomic mass is 10.0. The molecular formula is C18H21NOS. The Morgan fingerprint density at radius 3 is 2.90 bits per heavy atom. The summed E-state index contributed by atoms with van der Waals surface area (Å²) in [4.78, 5) is 1.45. The Morgan fingerprint density at radius 2 is 2.00 bits per heavy atom. The van der Waals surface area contributed by atoms with E-state index in [1.54, 1.807) is 7.11 Å². The molecule has 0 aromatic heterocycles. The first kappa shape index (κ1) is 14.6. The summed E-state index contributed by atoms with van der Waals surface area (Å²) in [5.74, 6) is 1.82. The summed E-state index contributed by atoms with van der Waals surface area (Å²) in [5.41, 5.74) is 4.06. The number of methoxy groups -OCH3 is 1. The molecule has 0 bridgehead atoms. The second kappa shape index (κ2) is 7.12. The molecule has 1 heterocycles. The molecule has 0 saturated heterocycles. The zero-order chi connectivity index (χ0) is 14.5. The number of ether oxygens (including phenoxy) is 1. The van der Waals surface area contributed by atoms with E-state index >= 15 is 0 Å². The molecular weight excluding hydrogens is 278 g/mol. The fourth-order valence-corrected chi connectivity index (χ4v) is 4.04. The van der Waals surface area contributed by atoms with E-state index < -0.39 is 0 Å². The lowest BCUT2D eigenvalue weighted by Crippen LogP contribution is -2.21. The summed E-state index contributed by atoms with van der Waals surface area (Å²) in [6.45, 7) is 2.64. The fraction of sp³-hybridized carbons (Fsp3) is 0.333. The molecule has 0 amide bonds. The molecule has 0 spiro atoms. The molecule has 2 nitrogen and oxygen atoms in total. The van der Waals surface area contributed by atoms with Crippen LogP contribution in [0.2, 0.25) is 0 Å². The van der Waals surface area contributed by atoms with Crippen molar-refractivity contribution >= 4 is 11.8 Å². The van der Waals surface area contributed by atoms with Gasteiger partial charge in [-0.05, 0) is 22.8 Å².